The van der Waals surface area contributed by atoms with Crippen LogP contribution in [0, 0.1) is 0 Å². The molecule has 2 N–H and O–H groups in total. The van der Waals surface area contributed by atoms with Gasteiger partial charge in [0, 0.05) is 50.2 Å². The first-order chi connectivity index (χ1) is 16.8. The second-order valence-electron chi connectivity index (χ2n) is 10.3. The monoisotopic (exact) mass is 501 g/mol. The molecular weight excluding hydrogens is 470 g/mol. The molecule has 1 saturated heterocycles. The summed E-state index contributed by atoms with van der Waals surface area (Å²) in [5.41, 5.74) is 0.438. The van der Waals surface area contributed by atoms with Crippen molar-refractivity contribution in [2.45, 2.75) is 79.9 Å². The Bertz CT molecular complexity index is 1250. The lowest BCUT2D eigenvalue weighted by molar-refractivity contribution is -0.121. The highest BCUT2D eigenvalue weighted by Crippen LogP contribution is 2.57. The van der Waals surface area contributed by atoms with E-state index in [1.54, 1.807) is 13.2 Å². The third-order valence-corrected chi connectivity index (χ3v) is 9.83. The van der Waals surface area contributed by atoms with Crippen LogP contribution in [0.3, 0.4) is 0 Å². The van der Waals surface area contributed by atoms with Crippen LogP contribution in [-0.2, 0) is 27.3 Å². The highest BCUT2D eigenvalue weighted by molar-refractivity contribution is 7.89. The maximum atomic E-state index is 13.4. The Morgan fingerprint density at radius 1 is 1.14 bits per heavy atom. The van der Waals surface area contributed by atoms with Gasteiger partial charge in [0.1, 0.15) is 10.7 Å². The standard InChI is InChI=1S/C23H31N7O4S/c1-28-14-18(12-25-28)35(33,34)29-9-5-15(6-10-29)26-22-24-13-19-20(27-22)30(21(32)23(19)7-8-23)16-3-2-4-17(31)11-16/h12-17,31H,2-11H2,1H3,(H,24,26,27)/t16-,17-/m1/s1. The number of nitrogens with one attached hydrogen (secondary N) is 1. The molecule has 4 aliphatic rings. The number of fused-ring (bicyclic) bond motifs is 2. The number of sulfonamides is 1. The number of hydrogen-bond acceptors (Lipinski definition) is 8. The molecule has 2 atom stereocenters. The van der Waals surface area contributed by atoms with Gasteiger partial charge in [0.05, 0.1) is 17.7 Å². The fourth-order valence-electron chi connectivity index (χ4n) is 5.83. The first-order valence-corrected chi connectivity index (χ1v) is 13.9. The lowest BCUT2D eigenvalue weighted by atomic mass is 9.92. The Hall–Kier alpha value is -2.57. The van der Waals surface area contributed by atoms with Gasteiger partial charge >= 0.3 is 0 Å². The van der Waals surface area contributed by atoms with Gasteiger partial charge in [-0.25, -0.2) is 13.4 Å². The maximum Gasteiger partial charge on any atom is 0.246 e. The summed E-state index contributed by atoms with van der Waals surface area (Å²) < 4.78 is 28.7. The summed E-state index contributed by atoms with van der Waals surface area (Å²) in [6, 6.07) is -0.000937. The van der Waals surface area contributed by atoms with E-state index in [4.69, 9.17) is 4.98 Å². The number of anilines is 2. The molecule has 12 heteroatoms. The number of carbonyl (C=O) groups is 1. The molecule has 0 bridgehead atoms. The molecule has 6 rings (SSSR count). The summed E-state index contributed by atoms with van der Waals surface area (Å²) in [7, 11) is -1.86. The van der Waals surface area contributed by atoms with Crippen molar-refractivity contribution >= 4 is 27.7 Å². The molecular formula is C23H31N7O4S. The van der Waals surface area contributed by atoms with Gasteiger partial charge in [0.15, 0.2) is 0 Å². The van der Waals surface area contributed by atoms with Crippen molar-refractivity contribution in [3.8, 4) is 0 Å². The number of nitrogens with zero attached hydrogens (tertiary/aromatic N) is 6. The van der Waals surface area contributed by atoms with Crippen LogP contribution in [0.25, 0.3) is 0 Å². The highest BCUT2D eigenvalue weighted by Gasteiger charge is 2.61. The van der Waals surface area contributed by atoms with Crippen LogP contribution < -0.4 is 10.2 Å². The number of aliphatic hydroxyl groups excluding tert-OH is 1. The Labute approximate surface area is 204 Å². The smallest absolute Gasteiger partial charge is 0.246 e. The van der Waals surface area contributed by atoms with Crippen molar-refractivity contribution < 1.29 is 18.3 Å². The predicted molar refractivity (Wildman–Crippen MR) is 127 cm³/mol. The molecule has 11 nitrogen and oxygen atoms in total. The quantitative estimate of drug-likeness (QED) is 0.623. The van der Waals surface area contributed by atoms with E-state index in [2.05, 4.69) is 15.4 Å². The van der Waals surface area contributed by atoms with Gasteiger partial charge in [-0.2, -0.15) is 14.4 Å². The number of carbonyl (C=O) groups excluding carboxylic acids is 1. The van der Waals surface area contributed by atoms with Crippen LogP contribution >= 0.6 is 0 Å². The summed E-state index contributed by atoms with van der Waals surface area (Å²) in [4.78, 5) is 24.8. The van der Waals surface area contributed by atoms with Gasteiger partial charge in [0.25, 0.3) is 0 Å². The van der Waals surface area contributed by atoms with Gasteiger partial charge in [-0.1, -0.05) is 0 Å². The molecule has 1 spiro atoms. The lowest BCUT2D eigenvalue weighted by Gasteiger charge is -2.34. The van der Waals surface area contributed by atoms with Gasteiger partial charge < -0.3 is 10.4 Å². The number of rotatable bonds is 5. The number of aryl methyl sites for hydroxylation is 1. The third kappa shape index (κ3) is 3.82. The van der Waals surface area contributed by atoms with E-state index in [0.29, 0.717) is 44.1 Å². The topological polar surface area (TPSA) is 134 Å². The van der Waals surface area contributed by atoms with Crippen molar-refractivity contribution in [3.05, 3.63) is 24.2 Å². The van der Waals surface area contributed by atoms with Gasteiger partial charge in [0.2, 0.25) is 21.9 Å². The largest absolute Gasteiger partial charge is 0.393 e. The summed E-state index contributed by atoms with van der Waals surface area (Å²) in [6.07, 6.45) is 10.3. The second kappa shape index (κ2) is 8.24. The van der Waals surface area contributed by atoms with Gasteiger partial charge in [-0.05, 0) is 51.4 Å². The Morgan fingerprint density at radius 2 is 1.91 bits per heavy atom. The molecule has 0 radical (unpaired) electrons. The fourth-order valence-corrected chi connectivity index (χ4v) is 7.29. The second-order valence-corrected chi connectivity index (χ2v) is 12.3. The first kappa shape index (κ1) is 22.9. The molecule has 0 aromatic carbocycles. The third-order valence-electron chi connectivity index (χ3n) is 7.98. The number of amides is 1. The van der Waals surface area contributed by atoms with Crippen LogP contribution in [0.5, 0.6) is 0 Å². The van der Waals surface area contributed by atoms with Gasteiger partial charge in [-0.15, -0.1) is 0 Å². The van der Waals surface area contributed by atoms with Crippen molar-refractivity contribution in [3.63, 3.8) is 0 Å². The minimum absolute atomic E-state index is 0.0327. The van der Waals surface area contributed by atoms with E-state index in [-0.39, 0.29) is 29.0 Å². The first-order valence-electron chi connectivity index (χ1n) is 12.4. The van der Waals surface area contributed by atoms with E-state index < -0.39 is 15.4 Å². The summed E-state index contributed by atoms with van der Waals surface area (Å²) in [6.45, 7) is 0.793. The van der Waals surface area contributed by atoms with Crippen molar-refractivity contribution in [1.29, 1.82) is 0 Å². The van der Waals surface area contributed by atoms with Crippen molar-refractivity contribution in [2.75, 3.05) is 23.3 Å². The van der Waals surface area contributed by atoms with Crippen LogP contribution in [0.4, 0.5) is 11.8 Å². The van der Waals surface area contributed by atoms with Crippen molar-refractivity contribution in [1.82, 2.24) is 24.1 Å². The molecule has 1 amide bonds. The Kier molecular flexibility index (Phi) is 5.38. The average molecular weight is 502 g/mol. The maximum absolute atomic E-state index is 13.4. The van der Waals surface area contributed by atoms with Crippen LogP contribution in [0.1, 0.15) is 56.9 Å². The number of aromatic nitrogens is 4. The van der Waals surface area contributed by atoms with E-state index in [1.165, 1.54) is 21.4 Å². The van der Waals surface area contributed by atoms with E-state index >= 15 is 0 Å². The fraction of sp³-hybridized carbons (Fsp3) is 0.652. The zero-order chi connectivity index (χ0) is 24.4. The molecule has 4 heterocycles. The SMILES string of the molecule is Cn1cc(S(=O)(=O)N2CCC(Nc3ncc4c(n3)N([C@@H]3CCC[C@@H](O)C3)C(=O)C43CC3)CC2)cn1. The van der Waals surface area contributed by atoms with Crippen molar-refractivity contribution in [2.24, 2.45) is 7.05 Å². The van der Waals surface area contributed by atoms with E-state index in [9.17, 15) is 18.3 Å². The molecule has 0 unspecified atom stereocenters. The number of aliphatic hydroxyl groups is 1. The summed E-state index contributed by atoms with van der Waals surface area (Å²) in [5.74, 6) is 1.25. The summed E-state index contributed by atoms with van der Waals surface area (Å²) in [5, 5.41) is 17.6. The van der Waals surface area contributed by atoms with Crippen LogP contribution in [0.15, 0.2) is 23.5 Å². The Morgan fingerprint density at radius 3 is 2.57 bits per heavy atom. The average Bonchev–Trinajstić information content (AvgIpc) is 3.46. The lowest BCUT2D eigenvalue weighted by Crippen LogP contribution is -2.44. The minimum Gasteiger partial charge on any atom is -0.393 e. The normalized spacial score (nSPS) is 26.8. The minimum atomic E-state index is -3.56. The van der Waals surface area contributed by atoms with E-state index in [1.807, 2.05) is 4.90 Å². The van der Waals surface area contributed by atoms with Crippen LogP contribution in [-0.4, -0.2) is 74.8 Å². The molecule has 2 aliphatic carbocycles. The highest BCUT2D eigenvalue weighted by atomic mass is 32.2. The van der Waals surface area contributed by atoms with E-state index in [0.717, 1.165) is 37.7 Å². The van der Waals surface area contributed by atoms with Crippen LogP contribution in [0.2, 0.25) is 0 Å². The number of piperidine rings is 1. The molecule has 2 aliphatic heterocycles. The molecule has 2 saturated carbocycles. The molecule has 188 valence electrons. The zero-order valence-electron chi connectivity index (χ0n) is 19.8. The summed E-state index contributed by atoms with van der Waals surface area (Å²) >= 11 is 0. The predicted octanol–water partition coefficient (Wildman–Crippen LogP) is 1.16. The Balaban J connectivity index is 1.17. The molecule has 2 aromatic heterocycles. The molecule has 2 aromatic rings. The zero-order valence-corrected chi connectivity index (χ0v) is 20.6. The molecule has 35 heavy (non-hydrogen) atoms. The molecule has 3 fully saturated rings. The van der Waals surface area contributed by atoms with Gasteiger partial charge in [-0.3, -0.25) is 14.4 Å². The number of hydrogen-bond donors (Lipinski definition) is 2.